The summed E-state index contributed by atoms with van der Waals surface area (Å²) in [7, 11) is -1.99. The summed E-state index contributed by atoms with van der Waals surface area (Å²) < 4.78 is 28.9. The monoisotopic (exact) mass is 391 g/mol. The molecule has 9 heteroatoms. The zero-order chi connectivity index (χ0) is 19.9. The van der Waals surface area contributed by atoms with Gasteiger partial charge >= 0.3 is 6.03 Å². The van der Waals surface area contributed by atoms with E-state index in [0.29, 0.717) is 11.3 Å². The van der Waals surface area contributed by atoms with Crippen LogP contribution in [-0.2, 0) is 21.1 Å². The van der Waals surface area contributed by atoms with E-state index in [0.717, 1.165) is 5.56 Å². The Morgan fingerprint density at radius 2 is 1.67 bits per heavy atom. The molecule has 0 aliphatic carbocycles. The highest BCUT2D eigenvalue weighted by Crippen LogP contribution is 2.13. The third-order valence-electron chi connectivity index (χ3n) is 3.71. The third-order valence-corrected chi connectivity index (χ3v) is 5.40. The minimum Gasteiger partial charge on any atom is -0.384 e. The summed E-state index contributed by atoms with van der Waals surface area (Å²) in [5, 5.41) is 5.19. The van der Waals surface area contributed by atoms with Gasteiger partial charge in [0.1, 0.15) is 0 Å². The number of hydrogen-bond donors (Lipinski definition) is 3. The molecule has 0 fully saturated rings. The highest BCUT2D eigenvalue weighted by atomic mass is 32.2. The number of urea groups is 1. The Balaban J connectivity index is 1.95. The van der Waals surface area contributed by atoms with Gasteiger partial charge in [0.2, 0.25) is 0 Å². The van der Waals surface area contributed by atoms with Crippen molar-refractivity contribution in [3.05, 3.63) is 59.7 Å². The minimum atomic E-state index is -3.43. The second-order valence-corrected chi connectivity index (χ2v) is 7.81. The summed E-state index contributed by atoms with van der Waals surface area (Å²) in [6.07, 6.45) is 0. The van der Waals surface area contributed by atoms with Crippen molar-refractivity contribution in [3.8, 4) is 0 Å². The largest absolute Gasteiger partial charge is 0.384 e. The Labute approximate surface area is 157 Å². The summed E-state index contributed by atoms with van der Waals surface area (Å²) in [5.74, 6) is -0.439. The highest BCUT2D eigenvalue weighted by Gasteiger charge is 2.15. The molecule has 0 saturated heterocycles. The molecule has 0 saturated carbocycles. The molecule has 0 bridgehead atoms. The summed E-state index contributed by atoms with van der Waals surface area (Å²) in [4.78, 5) is 23.1. The summed E-state index contributed by atoms with van der Waals surface area (Å²) in [5.41, 5.74) is 6.78. The molecule has 0 atom stereocenters. The number of rotatable bonds is 8. The number of ether oxygens (including phenoxy) is 1. The number of methoxy groups -OCH3 is 1. The van der Waals surface area contributed by atoms with Crippen molar-refractivity contribution in [2.24, 2.45) is 5.73 Å². The van der Waals surface area contributed by atoms with Crippen molar-refractivity contribution in [1.29, 1.82) is 0 Å². The van der Waals surface area contributed by atoms with Crippen molar-refractivity contribution in [2.45, 2.75) is 11.4 Å². The summed E-state index contributed by atoms with van der Waals surface area (Å²) in [6, 6.07) is 11.9. The SMILES string of the molecule is COCCS(=O)(=O)c1ccc(C(=O)NCc2ccc(NC(N)=O)cc2)cc1. The molecule has 2 rings (SSSR count). The van der Waals surface area contributed by atoms with Crippen LogP contribution >= 0.6 is 0 Å². The first-order valence-corrected chi connectivity index (χ1v) is 9.72. The van der Waals surface area contributed by atoms with Gasteiger partial charge in [-0.15, -0.1) is 0 Å². The molecule has 0 spiro atoms. The number of sulfone groups is 1. The lowest BCUT2D eigenvalue weighted by Gasteiger charge is -2.08. The topological polar surface area (TPSA) is 128 Å². The highest BCUT2D eigenvalue weighted by molar-refractivity contribution is 7.91. The van der Waals surface area contributed by atoms with Crippen LogP contribution in [0.1, 0.15) is 15.9 Å². The van der Waals surface area contributed by atoms with Crippen LogP contribution in [0.2, 0.25) is 0 Å². The van der Waals surface area contributed by atoms with E-state index in [1.54, 1.807) is 24.3 Å². The number of hydrogen-bond acceptors (Lipinski definition) is 5. The molecular weight excluding hydrogens is 370 g/mol. The second kappa shape index (κ2) is 9.15. The smallest absolute Gasteiger partial charge is 0.316 e. The Hall–Kier alpha value is -2.91. The number of amides is 3. The summed E-state index contributed by atoms with van der Waals surface area (Å²) in [6.45, 7) is 0.391. The van der Waals surface area contributed by atoms with Gasteiger partial charge in [0.15, 0.2) is 9.84 Å². The van der Waals surface area contributed by atoms with E-state index in [9.17, 15) is 18.0 Å². The Morgan fingerprint density at radius 1 is 1.04 bits per heavy atom. The van der Waals surface area contributed by atoms with Crippen LogP contribution in [0.25, 0.3) is 0 Å². The zero-order valence-electron chi connectivity index (χ0n) is 14.8. The van der Waals surface area contributed by atoms with Crippen LogP contribution < -0.4 is 16.4 Å². The van der Waals surface area contributed by atoms with Crippen LogP contribution in [0.4, 0.5) is 10.5 Å². The third kappa shape index (κ3) is 6.08. The van der Waals surface area contributed by atoms with Crippen molar-refractivity contribution < 1.29 is 22.7 Å². The van der Waals surface area contributed by atoms with Gasteiger partial charge < -0.3 is 21.1 Å². The molecule has 27 heavy (non-hydrogen) atoms. The zero-order valence-corrected chi connectivity index (χ0v) is 15.6. The minimum absolute atomic E-state index is 0.109. The number of benzene rings is 2. The first kappa shape index (κ1) is 20.4. The first-order chi connectivity index (χ1) is 12.8. The standard InChI is InChI=1S/C18H21N3O5S/c1-26-10-11-27(24,25)16-8-4-14(5-9-16)17(22)20-12-13-2-6-15(7-3-13)21-18(19)23/h2-9H,10-12H2,1H3,(H,20,22)(H3,19,21,23). The maximum Gasteiger partial charge on any atom is 0.316 e. The van der Waals surface area contributed by atoms with Crippen molar-refractivity contribution in [1.82, 2.24) is 5.32 Å². The van der Waals surface area contributed by atoms with Crippen LogP contribution in [0.3, 0.4) is 0 Å². The molecule has 0 aliphatic rings. The lowest BCUT2D eigenvalue weighted by molar-refractivity contribution is 0.0950. The van der Waals surface area contributed by atoms with Gasteiger partial charge in [-0.1, -0.05) is 12.1 Å². The number of carbonyl (C=O) groups excluding carboxylic acids is 2. The molecule has 0 aromatic heterocycles. The van der Waals surface area contributed by atoms with E-state index >= 15 is 0 Å². The molecule has 0 radical (unpaired) electrons. The quantitative estimate of drug-likeness (QED) is 0.629. The normalized spacial score (nSPS) is 11.0. The number of nitrogens with two attached hydrogens (primary N) is 1. The van der Waals surface area contributed by atoms with Crippen LogP contribution in [0.5, 0.6) is 0 Å². The van der Waals surface area contributed by atoms with Gasteiger partial charge in [-0.25, -0.2) is 13.2 Å². The lowest BCUT2D eigenvalue weighted by Crippen LogP contribution is -2.23. The number of nitrogens with one attached hydrogen (secondary N) is 2. The predicted octanol–water partition coefficient (Wildman–Crippen LogP) is 1.53. The Bertz CT molecular complexity index is 894. The average molecular weight is 391 g/mol. The fourth-order valence-corrected chi connectivity index (χ4v) is 3.43. The molecule has 0 heterocycles. The molecule has 2 aromatic rings. The van der Waals surface area contributed by atoms with Crippen molar-refractivity contribution in [3.63, 3.8) is 0 Å². The maximum absolute atomic E-state index is 12.2. The van der Waals surface area contributed by atoms with Gasteiger partial charge in [-0.2, -0.15) is 0 Å². The number of anilines is 1. The average Bonchev–Trinajstić information content (AvgIpc) is 2.65. The van der Waals surface area contributed by atoms with Gasteiger partial charge in [0.05, 0.1) is 17.3 Å². The fourth-order valence-electron chi connectivity index (χ4n) is 2.26. The van der Waals surface area contributed by atoms with Crippen LogP contribution in [0.15, 0.2) is 53.4 Å². The summed E-state index contributed by atoms with van der Waals surface area (Å²) >= 11 is 0. The first-order valence-electron chi connectivity index (χ1n) is 8.07. The Kier molecular flexibility index (Phi) is 6.91. The van der Waals surface area contributed by atoms with Gasteiger partial charge in [-0.05, 0) is 42.0 Å². The maximum atomic E-state index is 12.2. The molecule has 144 valence electrons. The van der Waals surface area contributed by atoms with Gasteiger partial charge in [0.25, 0.3) is 5.91 Å². The molecule has 2 aromatic carbocycles. The van der Waals surface area contributed by atoms with E-state index in [1.807, 2.05) is 0 Å². The van der Waals surface area contributed by atoms with Crippen molar-refractivity contribution >= 4 is 27.5 Å². The molecular formula is C18H21N3O5S. The van der Waals surface area contributed by atoms with E-state index in [-0.39, 0.29) is 29.7 Å². The molecule has 3 amide bonds. The predicted molar refractivity (Wildman–Crippen MR) is 101 cm³/mol. The van der Waals surface area contributed by atoms with E-state index < -0.39 is 15.9 Å². The molecule has 0 unspecified atom stereocenters. The number of primary amides is 1. The fraction of sp³-hybridized carbons (Fsp3) is 0.222. The van der Waals surface area contributed by atoms with E-state index in [2.05, 4.69) is 10.6 Å². The molecule has 4 N–H and O–H groups in total. The molecule has 0 aliphatic heterocycles. The van der Waals surface area contributed by atoms with Crippen molar-refractivity contribution in [2.75, 3.05) is 24.8 Å². The van der Waals surface area contributed by atoms with Crippen LogP contribution in [0, 0.1) is 0 Å². The second-order valence-electron chi connectivity index (χ2n) is 5.70. The van der Waals surface area contributed by atoms with Gasteiger partial charge in [-0.3, -0.25) is 4.79 Å². The van der Waals surface area contributed by atoms with Gasteiger partial charge in [0, 0.05) is 24.9 Å². The van der Waals surface area contributed by atoms with Crippen LogP contribution in [-0.4, -0.2) is 39.8 Å². The number of carbonyl (C=O) groups is 2. The molecule has 8 nitrogen and oxygen atoms in total. The van der Waals surface area contributed by atoms with E-state index in [4.69, 9.17) is 10.5 Å². The Morgan fingerprint density at radius 3 is 2.22 bits per heavy atom. The lowest BCUT2D eigenvalue weighted by atomic mass is 10.2. The van der Waals surface area contributed by atoms with E-state index in [1.165, 1.54) is 31.4 Å².